The highest BCUT2D eigenvalue weighted by Gasteiger charge is 2.05. The van der Waals surface area contributed by atoms with Crippen LogP contribution in [0.4, 0.5) is 0 Å². The third-order valence-corrected chi connectivity index (χ3v) is 3.54. The quantitative estimate of drug-likeness (QED) is 0.353. The number of hydrogen-bond donors (Lipinski definition) is 2. The van der Waals surface area contributed by atoms with E-state index in [9.17, 15) is 0 Å². The van der Waals surface area contributed by atoms with Gasteiger partial charge in [0.25, 0.3) is 0 Å². The Morgan fingerprint density at radius 2 is 1.88 bits per heavy atom. The molecule has 138 valence electrons. The molecule has 0 saturated heterocycles. The fraction of sp³-hybridized carbons (Fsp3) is 0.812. The first kappa shape index (κ1) is 20.4. The van der Waals surface area contributed by atoms with Crippen molar-refractivity contribution in [2.75, 3.05) is 40.0 Å². The van der Waals surface area contributed by atoms with E-state index < -0.39 is 0 Å². The van der Waals surface area contributed by atoms with Crippen LogP contribution in [0.15, 0.2) is 4.99 Å². The van der Waals surface area contributed by atoms with Gasteiger partial charge in [-0.3, -0.25) is 0 Å². The molecule has 0 bridgehead atoms. The summed E-state index contributed by atoms with van der Waals surface area (Å²) in [6.45, 7) is 10.2. The number of rotatable bonds is 11. The van der Waals surface area contributed by atoms with Gasteiger partial charge in [0.05, 0.1) is 13.2 Å². The molecule has 0 aliphatic carbocycles. The van der Waals surface area contributed by atoms with Crippen LogP contribution in [0.2, 0.25) is 0 Å². The van der Waals surface area contributed by atoms with Gasteiger partial charge < -0.3 is 24.7 Å². The largest absolute Gasteiger partial charge is 0.383 e. The van der Waals surface area contributed by atoms with Crippen molar-refractivity contribution in [2.45, 2.75) is 33.7 Å². The number of aromatic nitrogens is 3. The Hall–Kier alpha value is -1.67. The second-order valence-electron chi connectivity index (χ2n) is 6.03. The van der Waals surface area contributed by atoms with Crippen molar-refractivity contribution in [1.29, 1.82) is 0 Å². The zero-order chi connectivity index (χ0) is 17.8. The van der Waals surface area contributed by atoms with E-state index in [-0.39, 0.29) is 0 Å². The molecule has 0 saturated carbocycles. The molecule has 0 aliphatic rings. The van der Waals surface area contributed by atoms with Crippen molar-refractivity contribution >= 4 is 5.96 Å². The number of hydrogen-bond acceptors (Lipinski definition) is 5. The summed E-state index contributed by atoms with van der Waals surface area (Å²) in [6, 6.07) is 0. The highest BCUT2D eigenvalue weighted by Crippen LogP contribution is 1.99. The van der Waals surface area contributed by atoms with Crippen LogP contribution >= 0.6 is 0 Å². The van der Waals surface area contributed by atoms with Gasteiger partial charge in [0.1, 0.15) is 12.4 Å². The Morgan fingerprint density at radius 1 is 1.17 bits per heavy atom. The minimum atomic E-state index is 0.466. The lowest BCUT2D eigenvalue weighted by Gasteiger charge is -2.13. The van der Waals surface area contributed by atoms with Crippen LogP contribution in [-0.2, 0) is 23.1 Å². The van der Waals surface area contributed by atoms with E-state index in [0.29, 0.717) is 38.8 Å². The monoisotopic (exact) mass is 340 g/mol. The summed E-state index contributed by atoms with van der Waals surface area (Å²) in [5.41, 5.74) is 0. The molecular formula is C16H32N6O2. The fourth-order valence-corrected chi connectivity index (χ4v) is 1.85. The Balaban J connectivity index is 2.41. The smallest absolute Gasteiger partial charge is 0.191 e. The predicted molar refractivity (Wildman–Crippen MR) is 95.0 cm³/mol. The lowest BCUT2D eigenvalue weighted by atomic mass is 10.1. The van der Waals surface area contributed by atoms with E-state index >= 15 is 0 Å². The first-order valence-electron chi connectivity index (χ1n) is 8.48. The first-order valence-corrected chi connectivity index (χ1v) is 8.48. The zero-order valence-electron chi connectivity index (χ0n) is 15.6. The highest BCUT2D eigenvalue weighted by molar-refractivity contribution is 5.79. The molecule has 1 rings (SSSR count). The molecule has 8 heteroatoms. The molecule has 1 heterocycles. The van der Waals surface area contributed by atoms with E-state index in [1.54, 1.807) is 7.11 Å². The van der Waals surface area contributed by atoms with Gasteiger partial charge in [0.15, 0.2) is 11.8 Å². The van der Waals surface area contributed by atoms with Gasteiger partial charge in [0, 0.05) is 33.9 Å². The second kappa shape index (κ2) is 11.8. The Morgan fingerprint density at radius 3 is 2.46 bits per heavy atom. The molecule has 2 N–H and O–H groups in total. The minimum Gasteiger partial charge on any atom is -0.383 e. The molecule has 8 nitrogen and oxygen atoms in total. The molecule has 1 aromatic heterocycles. The second-order valence-corrected chi connectivity index (χ2v) is 6.03. The van der Waals surface area contributed by atoms with Crippen molar-refractivity contribution in [3.8, 4) is 0 Å². The van der Waals surface area contributed by atoms with Gasteiger partial charge >= 0.3 is 0 Å². The summed E-state index contributed by atoms with van der Waals surface area (Å²) in [4.78, 5) is 4.55. The van der Waals surface area contributed by atoms with Crippen LogP contribution in [0.25, 0.3) is 0 Å². The molecule has 1 aromatic rings. The van der Waals surface area contributed by atoms with Crippen molar-refractivity contribution in [3.05, 3.63) is 11.6 Å². The van der Waals surface area contributed by atoms with Crippen LogP contribution < -0.4 is 10.6 Å². The molecule has 0 aliphatic heterocycles. The highest BCUT2D eigenvalue weighted by atomic mass is 16.5. The van der Waals surface area contributed by atoms with Gasteiger partial charge in [-0.15, -0.1) is 10.2 Å². The number of nitrogens with zero attached hydrogens (tertiary/aromatic N) is 4. The molecule has 0 atom stereocenters. The molecule has 0 unspecified atom stereocenters. The van der Waals surface area contributed by atoms with E-state index in [4.69, 9.17) is 9.47 Å². The summed E-state index contributed by atoms with van der Waals surface area (Å²) < 4.78 is 12.6. The van der Waals surface area contributed by atoms with Crippen LogP contribution in [0.3, 0.4) is 0 Å². The van der Waals surface area contributed by atoms with Gasteiger partial charge in [-0.25, -0.2) is 4.99 Å². The maximum atomic E-state index is 5.61. The van der Waals surface area contributed by atoms with E-state index in [0.717, 1.165) is 30.6 Å². The third kappa shape index (κ3) is 8.26. The van der Waals surface area contributed by atoms with Gasteiger partial charge in [0.2, 0.25) is 0 Å². The Labute approximate surface area is 145 Å². The summed E-state index contributed by atoms with van der Waals surface area (Å²) in [5, 5.41) is 14.7. The van der Waals surface area contributed by atoms with Gasteiger partial charge in [-0.2, -0.15) is 0 Å². The first-order chi connectivity index (χ1) is 11.5. The lowest BCUT2D eigenvalue weighted by molar-refractivity contribution is 0.128. The van der Waals surface area contributed by atoms with E-state index in [2.05, 4.69) is 39.7 Å². The Bertz CT molecular complexity index is 487. The molecule has 0 radical (unpaired) electrons. The summed E-state index contributed by atoms with van der Waals surface area (Å²) in [7, 11) is 3.62. The maximum Gasteiger partial charge on any atom is 0.191 e. The number of aliphatic imine (C=N–C) groups is 1. The molecular weight excluding hydrogens is 308 g/mol. The number of nitrogens with one attached hydrogen (secondary N) is 2. The SMILES string of the molecule is COCCNC(=NCc1nnc(C)n1C)NCCOCCC(C)C. The standard InChI is InChI=1S/C16H32N6O2/c1-13(2)6-9-24-11-8-18-16(17-7-10-23-5)19-12-15-21-20-14(3)22(15)4/h13H,6-12H2,1-5H3,(H2,17,18,19). The third-order valence-electron chi connectivity index (χ3n) is 3.54. The minimum absolute atomic E-state index is 0.466. The molecule has 0 amide bonds. The van der Waals surface area contributed by atoms with Gasteiger partial charge in [-0.05, 0) is 19.3 Å². The van der Waals surface area contributed by atoms with Gasteiger partial charge in [-0.1, -0.05) is 13.8 Å². The average molecular weight is 340 g/mol. The Kier molecular flexibility index (Phi) is 10.0. The van der Waals surface area contributed by atoms with Crippen molar-refractivity contribution in [2.24, 2.45) is 18.0 Å². The van der Waals surface area contributed by atoms with Crippen molar-refractivity contribution in [1.82, 2.24) is 25.4 Å². The van der Waals surface area contributed by atoms with E-state index in [1.165, 1.54) is 0 Å². The predicted octanol–water partition coefficient (Wildman–Crippen LogP) is 0.868. The zero-order valence-corrected chi connectivity index (χ0v) is 15.6. The molecule has 0 fully saturated rings. The molecule has 0 aromatic carbocycles. The van der Waals surface area contributed by atoms with Crippen LogP contribution in [0.1, 0.15) is 31.9 Å². The molecule has 0 spiro atoms. The fourth-order valence-electron chi connectivity index (χ4n) is 1.85. The van der Waals surface area contributed by atoms with E-state index in [1.807, 2.05) is 18.5 Å². The summed E-state index contributed by atoms with van der Waals surface area (Å²) in [5.74, 6) is 3.09. The number of methoxy groups -OCH3 is 1. The van der Waals surface area contributed by atoms with Crippen molar-refractivity contribution in [3.63, 3.8) is 0 Å². The van der Waals surface area contributed by atoms with Crippen LogP contribution in [0.5, 0.6) is 0 Å². The lowest BCUT2D eigenvalue weighted by Crippen LogP contribution is -2.40. The van der Waals surface area contributed by atoms with Crippen LogP contribution in [0, 0.1) is 12.8 Å². The van der Waals surface area contributed by atoms with Crippen LogP contribution in [-0.4, -0.2) is 60.7 Å². The normalized spacial score (nSPS) is 12.0. The summed E-state index contributed by atoms with van der Waals surface area (Å²) >= 11 is 0. The average Bonchev–Trinajstić information content (AvgIpc) is 2.86. The van der Waals surface area contributed by atoms with Crippen molar-refractivity contribution < 1.29 is 9.47 Å². The number of aryl methyl sites for hydroxylation is 1. The number of ether oxygens (including phenoxy) is 2. The number of guanidine groups is 1. The molecule has 24 heavy (non-hydrogen) atoms. The summed E-state index contributed by atoms with van der Waals surface area (Å²) in [6.07, 6.45) is 1.08. The maximum absolute atomic E-state index is 5.61. The topological polar surface area (TPSA) is 85.6 Å².